The van der Waals surface area contributed by atoms with Gasteiger partial charge in [-0.2, -0.15) is 0 Å². The molecule has 3 heteroatoms. The number of piperazine rings is 1. The van der Waals surface area contributed by atoms with E-state index in [9.17, 15) is 0 Å². The third kappa shape index (κ3) is 2.53. The molecule has 0 radical (unpaired) electrons. The van der Waals surface area contributed by atoms with E-state index < -0.39 is 0 Å². The predicted molar refractivity (Wildman–Crippen MR) is 84.8 cm³/mol. The maximum absolute atomic E-state index is 6.30. The first-order valence-corrected chi connectivity index (χ1v) is 8.67. The van der Waals surface area contributed by atoms with Crippen LogP contribution >= 0.6 is 0 Å². The number of rotatable bonds is 2. The first-order valence-electron chi connectivity index (χ1n) is 8.67. The quantitative estimate of drug-likeness (QED) is 0.843. The standard InChI is InChI=1S/C17H33N3/c1-14-10-19-9-5-4-6-15(19)11-20(14)17(13-18)8-7-16(2,3)12-17/h14-15H,4-13,18H2,1-3H3. The second kappa shape index (κ2) is 5.26. The molecule has 0 aromatic rings. The molecule has 0 amide bonds. The molecule has 3 aliphatic rings. The van der Waals surface area contributed by atoms with Crippen LogP contribution in [0, 0.1) is 5.41 Å². The van der Waals surface area contributed by atoms with Crippen molar-refractivity contribution in [1.29, 1.82) is 0 Å². The molecule has 3 unspecified atom stereocenters. The van der Waals surface area contributed by atoms with Crippen molar-refractivity contribution in [2.24, 2.45) is 11.1 Å². The van der Waals surface area contributed by atoms with Crippen molar-refractivity contribution in [3.8, 4) is 0 Å². The summed E-state index contributed by atoms with van der Waals surface area (Å²) in [6.45, 7) is 11.9. The highest BCUT2D eigenvalue weighted by molar-refractivity contribution is 5.06. The Labute approximate surface area is 124 Å². The van der Waals surface area contributed by atoms with Crippen LogP contribution in [-0.4, -0.2) is 53.6 Å². The van der Waals surface area contributed by atoms with Gasteiger partial charge in [0.1, 0.15) is 0 Å². The number of hydrogen-bond donors (Lipinski definition) is 1. The summed E-state index contributed by atoms with van der Waals surface area (Å²) >= 11 is 0. The lowest BCUT2D eigenvalue weighted by Gasteiger charge is -2.54. The lowest BCUT2D eigenvalue weighted by molar-refractivity contribution is -0.0460. The Morgan fingerprint density at radius 3 is 2.60 bits per heavy atom. The summed E-state index contributed by atoms with van der Waals surface area (Å²) < 4.78 is 0. The van der Waals surface area contributed by atoms with Gasteiger partial charge in [0, 0.05) is 37.3 Å². The van der Waals surface area contributed by atoms with Crippen molar-refractivity contribution in [2.45, 2.75) is 76.9 Å². The van der Waals surface area contributed by atoms with Crippen molar-refractivity contribution in [3.05, 3.63) is 0 Å². The van der Waals surface area contributed by atoms with Gasteiger partial charge >= 0.3 is 0 Å². The summed E-state index contributed by atoms with van der Waals surface area (Å²) in [6.07, 6.45) is 8.14. The number of hydrogen-bond acceptors (Lipinski definition) is 3. The van der Waals surface area contributed by atoms with E-state index in [1.165, 1.54) is 58.2 Å². The van der Waals surface area contributed by atoms with Crippen molar-refractivity contribution >= 4 is 0 Å². The minimum Gasteiger partial charge on any atom is -0.329 e. The van der Waals surface area contributed by atoms with Crippen LogP contribution in [0.5, 0.6) is 0 Å². The molecule has 2 saturated heterocycles. The molecule has 0 spiro atoms. The summed E-state index contributed by atoms with van der Waals surface area (Å²) in [5.41, 5.74) is 7.05. The van der Waals surface area contributed by atoms with Crippen molar-refractivity contribution in [3.63, 3.8) is 0 Å². The Hall–Kier alpha value is -0.120. The molecule has 20 heavy (non-hydrogen) atoms. The fourth-order valence-electron chi connectivity index (χ4n) is 5.19. The Morgan fingerprint density at radius 1 is 1.15 bits per heavy atom. The van der Waals surface area contributed by atoms with E-state index in [4.69, 9.17) is 5.73 Å². The van der Waals surface area contributed by atoms with E-state index in [0.29, 0.717) is 11.5 Å². The number of nitrogens with two attached hydrogens (primary N) is 1. The Balaban J connectivity index is 1.78. The van der Waals surface area contributed by atoms with Crippen LogP contribution in [-0.2, 0) is 0 Å². The van der Waals surface area contributed by atoms with E-state index in [2.05, 4.69) is 30.6 Å². The summed E-state index contributed by atoms with van der Waals surface area (Å²) in [4.78, 5) is 5.56. The Bertz CT molecular complexity index is 354. The zero-order valence-electron chi connectivity index (χ0n) is 13.7. The van der Waals surface area contributed by atoms with E-state index in [0.717, 1.165) is 12.6 Å². The van der Waals surface area contributed by atoms with E-state index in [1.807, 2.05) is 0 Å². The van der Waals surface area contributed by atoms with Crippen LogP contribution in [0.25, 0.3) is 0 Å². The van der Waals surface area contributed by atoms with Crippen LogP contribution in [0.4, 0.5) is 0 Å². The van der Waals surface area contributed by atoms with E-state index in [-0.39, 0.29) is 5.54 Å². The minimum absolute atomic E-state index is 0.284. The average Bonchev–Trinajstić information content (AvgIpc) is 2.75. The van der Waals surface area contributed by atoms with Gasteiger partial charge in [-0.1, -0.05) is 20.3 Å². The fourth-order valence-corrected chi connectivity index (χ4v) is 5.19. The number of fused-ring (bicyclic) bond motifs is 1. The van der Waals surface area contributed by atoms with Crippen molar-refractivity contribution in [1.82, 2.24) is 9.80 Å². The molecule has 0 aromatic carbocycles. The molecular weight excluding hydrogens is 246 g/mol. The molecule has 2 N–H and O–H groups in total. The highest BCUT2D eigenvalue weighted by Gasteiger charge is 2.49. The van der Waals surface area contributed by atoms with Gasteiger partial charge in [0.25, 0.3) is 0 Å². The average molecular weight is 279 g/mol. The molecule has 3 fully saturated rings. The van der Waals surface area contributed by atoms with Crippen LogP contribution in [0.1, 0.15) is 59.3 Å². The SMILES string of the molecule is CC1CN2CCCCC2CN1C1(CN)CCC(C)(C)C1. The van der Waals surface area contributed by atoms with Gasteiger partial charge in [0.15, 0.2) is 0 Å². The van der Waals surface area contributed by atoms with E-state index in [1.54, 1.807) is 0 Å². The number of piperidine rings is 1. The third-order valence-electron chi connectivity index (χ3n) is 6.25. The van der Waals surface area contributed by atoms with Gasteiger partial charge in [-0.15, -0.1) is 0 Å². The molecule has 1 aliphatic carbocycles. The first-order chi connectivity index (χ1) is 9.46. The minimum atomic E-state index is 0.284. The Kier molecular flexibility index (Phi) is 3.89. The molecule has 3 rings (SSSR count). The Morgan fingerprint density at radius 2 is 1.95 bits per heavy atom. The zero-order valence-corrected chi connectivity index (χ0v) is 13.7. The highest BCUT2D eigenvalue weighted by atomic mass is 15.3. The summed E-state index contributed by atoms with van der Waals surface area (Å²) in [6, 6.07) is 1.47. The second-order valence-electron chi connectivity index (χ2n) is 8.42. The molecule has 2 aliphatic heterocycles. The normalized spacial score (nSPS) is 42.6. The lowest BCUT2D eigenvalue weighted by Crippen LogP contribution is -2.66. The van der Waals surface area contributed by atoms with Crippen LogP contribution in [0.15, 0.2) is 0 Å². The van der Waals surface area contributed by atoms with Gasteiger partial charge in [-0.25, -0.2) is 0 Å². The first kappa shape index (κ1) is 14.8. The molecular formula is C17H33N3. The predicted octanol–water partition coefficient (Wildman–Crippen LogP) is 2.45. The molecule has 0 aromatic heterocycles. The monoisotopic (exact) mass is 279 g/mol. The highest BCUT2D eigenvalue weighted by Crippen LogP contribution is 2.47. The second-order valence-corrected chi connectivity index (χ2v) is 8.42. The maximum Gasteiger partial charge on any atom is 0.0341 e. The van der Waals surface area contributed by atoms with Crippen LogP contribution < -0.4 is 5.73 Å². The van der Waals surface area contributed by atoms with Crippen LogP contribution in [0.3, 0.4) is 0 Å². The maximum atomic E-state index is 6.30. The van der Waals surface area contributed by atoms with Crippen LogP contribution in [0.2, 0.25) is 0 Å². The van der Waals surface area contributed by atoms with Gasteiger partial charge in [-0.3, -0.25) is 9.80 Å². The van der Waals surface area contributed by atoms with Gasteiger partial charge in [0.2, 0.25) is 0 Å². The largest absolute Gasteiger partial charge is 0.329 e. The molecule has 3 nitrogen and oxygen atoms in total. The van der Waals surface area contributed by atoms with Gasteiger partial charge < -0.3 is 5.73 Å². The van der Waals surface area contributed by atoms with Crippen molar-refractivity contribution < 1.29 is 0 Å². The molecule has 0 bridgehead atoms. The van der Waals surface area contributed by atoms with Gasteiger partial charge in [-0.05, 0) is 51.0 Å². The smallest absolute Gasteiger partial charge is 0.0341 e. The van der Waals surface area contributed by atoms with Crippen molar-refractivity contribution in [2.75, 3.05) is 26.2 Å². The molecule has 1 saturated carbocycles. The van der Waals surface area contributed by atoms with Gasteiger partial charge in [0.05, 0.1) is 0 Å². The summed E-state index contributed by atoms with van der Waals surface area (Å²) in [5, 5.41) is 0. The summed E-state index contributed by atoms with van der Waals surface area (Å²) in [7, 11) is 0. The fraction of sp³-hybridized carbons (Fsp3) is 1.00. The molecule has 3 atom stereocenters. The van der Waals surface area contributed by atoms with E-state index >= 15 is 0 Å². The summed E-state index contributed by atoms with van der Waals surface area (Å²) in [5.74, 6) is 0. The number of nitrogens with zero attached hydrogens (tertiary/aromatic N) is 2. The molecule has 2 heterocycles. The third-order valence-corrected chi connectivity index (χ3v) is 6.25. The molecule has 116 valence electrons. The zero-order chi connectivity index (χ0) is 14.4. The lowest BCUT2D eigenvalue weighted by atomic mass is 9.84. The topological polar surface area (TPSA) is 32.5 Å².